The van der Waals surface area contributed by atoms with E-state index in [0.717, 1.165) is 28.8 Å². The predicted molar refractivity (Wildman–Crippen MR) is 127 cm³/mol. The number of fused-ring (bicyclic) bond motifs is 1. The van der Waals surface area contributed by atoms with Gasteiger partial charge in [-0.05, 0) is 50.5 Å². The van der Waals surface area contributed by atoms with Crippen LogP contribution in [0.25, 0.3) is 33.5 Å². The Labute approximate surface area is 217 Å². The summed E-state index contributed by atoms with van der Waals surface area (Å²) < 4.78 is 38.6. The second-order valence-corrected chi connectivity index (χ2v) is 8.20. The summed E-state index contributed by atoms with van der Waals surface area (Å²) in [5, 5.41) is 17.1. The first-order valence-corrected chi connectivity index (χ1v) is 10.8. The molecule has 0 fully saturated rings. The van der Waals surface area contributed by atoms with E-state index in [4.69, 9.17) is 15.2 Å². The van der Waals surface area contributed by atoms with Gasteiger partial charge in [0.2, 0.25) is 0 Å². The molecule has 4 nitrogen and oxygen atoms in total. The first-order valence-electron chi connectivity index (χ1n) is 10.8. The van der Waals surface area contributed by atoms with Gasteiger partial charge in [0.05, 0.1) is 28.9 Å². The minimum absolute atomic E-state index is 0. The molecule has 188 valence electrons. The van der Waals surface area contributed by atoms with Crippen LogP contribution in [0.4, 0.5) is 13.2 Å². The van der Waals surface area contributed by atoms with Crippen molar-refractivity contribution in [3.05, 3.63) is 83.9 Å². The quantitative estimate of drug-likeness (QED) is 0.255. The smallest absolute Gasteiger partial charge is 0.381 e. The number of aryl methyl sites for hydroxylation is 1. The fourth-order valence-corrected chi connectivity index (χ4v) is 3.34. The van der Waals surface area contributed by atoms with Gasteiger partial charge < -0.3 is 10.2 Å². The van der Waals surface area contributed by atoms with E-state index in [9.17, 15) is 13.2 Å². The second-order valence-electron chi connectivity index (χ2n) is 8.20. The van der Waals surface area contributed by atoms with Crippen LogP contribution in [0, 0.1) is 13.0 Å². The van der Waals surface area contributed by atoms with Crippen LogP contribution >= 0.6 is 0 Å². The summed E-state index contributed by atoms with van der Waals surface area (Å²) in [5.41, 5.74) is 4.21. The number of nitrogens with zero attached hydrogens (tertiary/aromatic N) is 2. The number of benzene rings is 3. The second kappa shape index (κ2) is 12.4. The van der Waals surface area contributed by atoms with Gasteiger partial charge in [0, 0.05) is 26.8 Å². The van der Waals surface area contributed by atoms with E-state index in [-0.39, 0.29) is 33.3 Å². The molecule has 1 heterocycles. The van der Waals surface area contributed by atoms with Gasteiger partial charge >= 0.3 is 6.18 Å². The van der Waals surface area contributed by atoms with Gasteiger partial charge in [0.25, 0.3) is 0 Å². The molecule has 0 amide bonds. The molecule has 0 bridgehead atoms. The molecule has 0 aliphatic rings. The van der Waals surface area contributed by atoms with E-state index in [1.807, 2.05) is 55.5 Å². The molecule has 0 spiro atoms. The Bertz CT molecular complexity index is 1220. The third kappa shape index (κ3) is 7.96. The van der Waals surface area contributed by atoms with Gasteiger partial charge in [0.1, 0.15) is 0 Å². The molecular weight excluding hydrogens is 636 g/mol. The zero-order chi connectivity index (χ0) is 24.9. The topological polar surface area (TPSA) is 66.2 Å². The molecule has 2 atom stereocenters. The van der Waals surface area contributed by atoms with E-state index in [1.165, 1.54) is 6.07 Å². The number of para-hydroxylation sites is 2. The zero-order valence-electron chi connectivity index (χ0n) is 19.5. The van der Waals surface area contributed by atoms with Crippen molar-refractivity contribution in [3.8, 4) is 22.5 Å². The molecule has 0 radical (unpaired) electrons. The molecule has 4 aromatic rings. The van der Waals surface area contributed by atoms with Crippen molar-refractivity contribution >= 4 is 11.0 Å². The average molecular weight is 663 g/mol. The fourth-order valence-electron chi connectivity index (χ4n) is 3.34. The average Bonchev–Trinajstić information content (AvgIpc) is 2.78. The summed E-state index contributed by atoms with van der Waals surface area (Å²) in [5.74, 6) is 0. The molecule has 0 saturated heterocycles. The van der Waals surface area contributed by atoms with Gasteiger partial charge in [-0.1, -0.05) is 42.0 Å². The monoisotopic (exact) mass is 662 g/mol. The van der Waals surface area contributed by atoms with Gasteiger partial charge in [-0.3, -0.25) is 9.97 Å². The molecule has 35 heavy (non-hydrogen) atoms. The van der Waals surface area contributed by atoms with E-state index >= 15 is 0 Å². The summed E-state index contributed by atoms with van der Waals surface area (Å²) in [6.07, 6.45) is -4.68. The van der Waals surface area contributed by atoms with Crippen LogP contribution in [-0.2, 0) is 27.2 Å². The first-order chi connectivity index (χ1) is 16.0. The maximum absolute atomic E-state index is 12.9. The maximum atomic E-state index is 12.9. The normalized spacial score (nSPS) is 12.8. The van der Waals surface area contributed by atoms with E-state index < -0.39 is 11.7 Å². The number of aliphatic hydroxyl groups is 2. The number of aromatic nitrogens is 2. The summed E-state index contributed by atoms with van der Waals surface area (Å²) in [6, 6.07) is 21.3. The van der Waals surface area contributed by atoms with Crippen molar-refractivity contribution in [3.63, 3.8) is 0 Å². The number of alkyl halides is 3. The zero-order valence-corrected chi connectivity index (χ0v) is 21.7. The van der Waals surface area contributed by atoms with Crippen LogP contribution < -0.4 is 0 Å². The Morgan fingerprint density at radius 2 is 1.37 bits per heavy atom. The summed E-state index contributed by atoms with van der Waals surface area (Å²) in [6.45, 7) is 5.31. The fraction of sp³-hybridized carbons (Fsp3) is 0.259. The molecule has 4 rings (SSSR count). The Balaban J connectivity index is 0.000000476. The molecule has 2 N–H and O–H groups in total. The van der Waals surface area contributed by atoms with Crippen LogP contribution in [0.3, 0.4) is 0 Å². The van der Waals surface area contributed by atoms with Crippen molar-refractivity contribution in [2.75, 3.05) is 0 Å². The molecule has 8 heteroatoms. The molecule has 1 aromatic heterocycles. The Morgan fingerprint density at radius 3 is 1.80 bits per heavy atom. The summed E-state index contributed by atoms with van der Waals surface area (Å²) in [7, 11) is 0. The van der Waals surface area contributed by atoms with Crippen molar-refractivity contribution in [1.82, 2.24) is 9.97 Å². The maximum Gasteiger partial charge on any atom is 0.381 e. The van der Waals surface area contributed by atoms with Crippen LogP contribution in [0.5, 0.6) is 0 Å². The van der Waals surface area contributed by atoms with Crippen LogP contribution in [0.2, 0.25) is 0 Å². The first kappa shape index (κ1) is 28.6. The predicted octanol–water partition coefficient (Wildman–Crippen LogP) is 6.23. The minimum Gasteiger partial charge on any atom is -0.393 e. The standard InChI is InChI=1S/C22H14F3N2.C5H12O2.Pt/c1-14-6-8-15(9-7-14)20-21(27-19-5-3-2-4-18(19)26-20)16-10-12-17(13-11-16)22(23,24)25;1-4(6)3-5(2)7;/h2-10,12-13H,1H3;4-7H,3H2,1-2H3;/q-1;;. The van der Waals surface area contributed by atoms with Crippen LogP contribution in [0.1, 0.15) is 31.4 Å². The molecule has 0 saturated carbocycles. The Hall–Kier alpha value is -2.60. The Morgan fingerprint density at radius 1 is 0.829 bits per heavy atom. The number of aliphatic hydroxyl groups excluding tert-OH is 2. The van der Waals surface area contributed by atoms with Crippen molar-refractivity contribution in [2.24, 2.45) is 0 Å². The number of hydrogen-bond donors (Lipinski definition) is 2. The molecule has 2 unspecified atom stereocenters. The van der Waals surface area contributed by atoms with Gasteiger partial charge in [0.15, 0.2) is 0 Å². The van der Waals surface area contributed by atoms with Gasteiger partial charge in [-0.15, -0.1) is 29.8 Å². The van der Waals surface area contributed by atoms with Crippen molar-refractivity contribution < 1.29 is 44.4 Å². The summed E-state index contributed by atoms with van der Waals surface area (Å²) >= 11 is 0. The van der Waals surface area contributed by atoms with Crippen molar-refractivity contribution in [2.45, 2.75) is 45.6 Å². The van der Waals surface area contributed by atoms with Crippen molar-refractivity contribution in [1.29, 1.82) is 0 Å². The minimum atomic E-state index is -4.40. The molecule has 0 aliphatic heterocycles. The number of rotatable bonds is 4. The van der Waals surface area contributed by atoms with E-state index in [2.05, 4.69) is 11.1 Å². The van der Waals surface area contributed by atoms with Crippen LogP contribution in [-0.4, -0.2) is 32.4 Å². The third-order valence-electron chi connectivity index (χ3n) is 4.97. The number of halogens is 3. The van der Waals surface area contributed by atoms with E-state index in [1.54, 1.807) is 13.8 Å². The summed E-state index contributed by atoms with van der Waals surface area (Å²) in [4.78, 5) is 9.38. The molecular formula is C27H26F3N2O2Pt-. The van der Waals surface area contributed by atoms with Gasteiger partial charge in [-0.2, -0.15) is 13.2 Å². The largest absolute Gasteiger partial charge is 0.393 e. The SMILES string of the molecule is CC(O)CC(C)O.Cc1ccc(-c2nc3ccccc3nc2-c2[c-]cc(C(F)(F)F)cc2)cc1.[Pt]. The van der Waals surface area contributed by atoms with Gasteiger partial charge in [-0.25, -0.2) is 0 Å². The molecule has 3 aromatic carbocycles. The van der Waals surface area contributed by atoms with E-state index in [0.29, 0.717) is 28.9 Å². The third-order valence-corrected chi connectivity index (χ3v) is 4.97. The van der Waals surface area contributed by atoms with Crippen LogP contribution in [0.15, 0.2) is 66.7 Å². The number of hydrogen-bond acceptors (Lipinski definition) is 4. The molecule has 0 aliphatic carbocycles. The Kier molecular flexibility index (Phi) is 10.1.